The van der Waals surface area contributed by atoms with Crippen LogP contribution in [0.1, 0.15) is 57.8 Å². The molecule has 0 radical (unpaired) electrons. The monoisotopic (exact) mass is 240 g/mol. The first-order valence-corrected chi connectivity index (χ1v) is 6.90. The lowest BCUT2D eigenvalue weighted by atomic mass is 10.1. The molecule has 0 aliphatic heterocycles. The molecule has 0 bridgehead atoms. The highest BCUT2D eigenvalue weighted by Crippen LogP contribution is 2.08. The lowest BCUT2D eigenvalue weighted by molar-refractivity contribution is 0.199. The van der Waals surface area contributed by atoms with Gasteiger partial charge in [0.15, 0.2) is 0 Å². The lowest BCUT2D eigenvalue weighted by Gasteiger charge is -1.99. The molecule has 0 heterocycles. The normalized spacial score (nSPS) is 10.9. The molecule has 0 rings (SSSR count). The topological polar surface area (TPSA) is 29.5 Å². The Bertz CT molecular complexity index is 176. The van der Waals surface area contributed by atoms with Gasteiger partial charge in [-0.1, -0.05) is 31.8 Å². The van der Waals surface area contributed by atoms with Crippen molar-refractivity contribution in [3.63, 3.8) is 0 Å². The first kappa shape index (κ1) is 16.2. The number of rotatable bonds is 13. The van der Waals surface area contributed by atoms with Crippen molar-refractivity contribution in [2.45, 2.75) is 57.8 Å². The van der Waals surface area contributed by atoms with E-state index >= 15 is 0 Å². The second-order valence-corrected chi connectivity index (χ2v) is 4.31. The Hall–Kier alpha value is -0.760. The van der Waals surface area contributed by atoms with Gasteiger partial charge in [-0.2, -0.15) is 0 Å². The minimum absolute atomic E-state index is 0.208. The molecule has 0 spiro atoms. The van der Waals surface area contributed by atoms with Crippen LogP contribution in [0, 0.1) is 0 Å². The molecule has 0 saturated heterocycles. The second kappa shape index (κ2) is 15.2. The Morgan fingerprint density at radius 3 is 2.18 bits per heavy atom. The summed E-state index contributed by atoms with van der Waals surface area (Å²) in [4.78, 5) is 0. The predicted molar refractivity (Wildman–Crippen MR) is 73.9 cm³/mol. The van der Waals surface area contributed by atoms with Crippen LogP contribution in [0.4, 0.5) is 0 Å². The van der Waals surface area contributed by atoms with Gasteiger partial charge in [0.2, 0.25) is 0 Å². The van der Waals surface area contributed by atoms with E-state index in [1.807, 2.05) is 6.08 Å². The molecule has 0 aromatic rings. The number of aliphatic hydroxyl groups is 1. The third-order valence-electron chi connectivity index (χ3n) is 2.64. The van der Waals surface area contributed by atoms with Crippen molar-refractivity contribution in [3.8, 4) is 0 Å². The fourth-order valence-corrected chi connectivity index (χ4v) is 1.61. The minimum atomic E-state index is 0.208. The van der Waals surface area contributed by atoms with Crippen LogP contribution >= 0.6 is 0 Å². The van der Waals surface area contributed by atoms with Crippen LogP contribution in [0.25, 0.3) is 0 Å². The summed E-state index contributed by atoms with van der Waals surface area (Å²) in [5.41, 5.74) is 0. The SMILES string of the molecule is C=CCCCCCCCC/C=C/OCCCO. The van der Waals surface area contributed by atoms with Crippen LogP contribution in [0.3, 0.4) is 0 Å². The first-order valence-electron chi connectivity index (χ1n) is 6.90. The molecule has 17 heavy (non-hydrogen) atoms. The molecule has 0 aliphatic carbocycles. The summed E-state index contributed by atoms with van der Waals surface area (Å²) in [6, 6.07) is 0. The highest BCUT2D eigenvalue weighted by molar-refractivity contribution is 4.73. The predicted octanol–water partition coefficient (Wildman–Crippen LogP) is 4.21. The van der Waals surface area contributed by atoms with Crippen molar-refractivity contribution in [1.82, 2.24) is 0 Å². The van der Waals surface area contributed by atoms with Gasteiger partial charge in [0.25, 0.3) is 0 Å². The van der Waals surface area contributed by atoms with Crippen molar-refractivity contribution in [2.75, 3.05) is 13.2 Å². The number of hydrogen-bond donors (Lipinski definition) is 1. The van der Waals surface area contributed by atoms with Crippen LogP contribution < -0.4 is 0 Å². The molecule has 0 atom stereocenters. The van der Waals surface area contributed by atoms with Crippen LogP contribution in [0.2, 0.25) is 0 Å². The molecule has 2 heteroatoms. The van der Waals surface area contributed by atoms with E-state index in [-0.39, 0.29) is 6.61 Å². The standard InChI is InChI=1S/C15H28O2/c1-2-3-4-5-6-7-8-9-10-11-14-17-15-12-13-16/h2,11,14,16H,1,3-10,12-13,15H2/b14-11+. The smallest absolute Gasteiger partial charge is 0.0895 e. The second-order valence-electron chi connectivity index (χ2n) is 4.31. The Morgan fingerprint density at radius 2 is 1.53 bits per heavy atom. The van der Waals surface area contributed by atoms with Gasteiger partial charge in [-0.3, -0.25) is 0 Å². The van der Waals surface area contributed by atoms with Crippen molar-refractivity contribution in [3.05, 3.63) is 25.0 Å². The van der Waals surface area contributed by atoms with Gasteiger partial charge < -0.3 is 9.84 Å². The van der Waals surface area contributed by atoms with E-state index in [1.165, 1.54) is 38.5 Å². The minimum Gasteiger partial charge on any atom is -0.501 e. The zero-order chi connectivity index (χ0) is 12.6. The van der Waals surface area contributed by atoms with E-state index in [4.69, 9.17) is 9.84 Å². The van der Waals surface area contributed by atoms with Crippen LogP contribution in [0.15, 0.2) is 25.0 Å². The van der Waals surface area contributed by atoms with Crippen molar-refractivity contribution < 1.29 is 9.84 Å². The van der Waals surface area contributed by atoms with Gasteiger partial charge in [-0.05, 0) is 31.8 Å². The highest BCUT2D eigenvalue weighted by Gasteiger charge is 1.89. The van der Waals surface area contributed by atoms with Crippen LogP contribution in [-0.2, 0) is 4.74 Å². The average Bonchev–Trinajstić information content (AvgIpc) is 2.35. The Labute approximate surface area is 106 Å². The maximum atomic E-state index is 8.53. The summed E-state index contributed by atoms with van der Waals surface area (Å²) in [6.45, 7) is 4.55. The number of allylic oxidation sites excluding steroid dienone is 2. The molecule has 0 unspecified atom stereocenters. The van der Waals surface area contributed by atoms with Gasteiger partial charge >= 0.3 is 0 Å². The summed E-state index contributed by atoms with van der Waals surface area (Å²) < 4.78 is 5.20. The lowest BCUT2D eigenvalue weighted by Crippen LogP contribution is -1.90. The first-order chi connectivity index (χ1) is 8.41. The highest BCUT2D eigenvalue weighted by atomic mass is 16.5. The fourth-order valence-electron chi connectivity index (χ4n) is 1.61. The van der Waals surface area contributed by atoms with Crippen molar-refractivity contribution in [2.24, 2.45) is 0 Å². The van der Waals surface area contributed by atoms with E-state index in [9.17, 15) is 0 Å². The molecule has 0 aliphatic rings. The van der Waals surface area contributed by atoms with E-state index in [1.54, 1.807) is 6.26 Å². The molecule has 100 valence electrons. The summed E-state index contributed by atoms with van der Waals surface area (Å²) in [7, 11) is 0. The molecule has 0 aromatic carbocycles. The summed E-state index contributed by atoms with van der Waals surface area (Å²) >= 11 is 0. The third-order valence-corrected chi connectivity index (χ3v) is 2.64. The van der Waals surface area contributed by atoms with Crippen molar-refractivity contribution >= 4 is 0 Å². The summed E-state index contributed by atoms with van der Waals surface area (Å²) in [5, 5.41) is 8.53. The van der Waals surface area contributed by atoms with Crippen LogP contribution in [-0.4, -0.2) is 18.3 Å². The van der Waals surface area contributed by atoms with Gasteiger partial charge in [0, 0.05) is 13.0 Å². The van der Waals surface area contributed by atoms with E-state index < -0.39 is 0 Å². The molecule has 0 amide bonds. The third kappa shape index (κ3) is 15.2. The molecule has 0 aromatic heterocycles. The maximum Gasteiger partial charge on any atom is 0.0895 e. The molecule has 0 fully saturated rings. The van der Waals surface area contributed by atoms with Gasteiger partial charge in [0.05, 0.1) is 12.9 Å². The Kier molecular flexibility index (Phi) is 14.6. The van der Waals surface area contributed by atoms with Gasteiger partial charge in [-0.15, -0.1) is 6.58 Å². The number of hydrogen-bond acceptors (Lipinski definition) is 2. The summed E-state index contributed by atoms with van der Waals surface area (Å²) in [5.74, 6) is 0. The average molecular weight is 240 g/mol. The van der Waals surface area contributed by atoms with E-state index in [0.29, 0.717) is 6.61 Å². The summed E-state index contributed by atoms with van der Waals surface area (Å²) in [6.07, 6.45) is 16.7. The quantitative estimate of drug-likeness (QED) is 0.297. The largest absolute Gasteiger partial charge is 0.501 e. The molecule has 1 N–H and O–H groups in total. The molecular formula is C15H28O2. The van der Waals surface area contributed by atoms with Crippen LogP contribution in [0.5, 0.6) is 0 Å². The van der Waals surface area contributed by atoms with Crippen molar-refractivity contribution in [1.29, 1.82) is 0 Å². The van der Waals surface area contributed by atoms with Gasteiger partial charge in [-0.25, -0.2) is 0 Å². The zero-order valence-corrected chi connectivity index (χ0v) is 11.1. The van der Waals surface area contributed by atoms with E-state index in [2.05, 4.69) is 12.7 Å². The number of unbranched alkanes of at least 4 members (excludes halogenated alkanes) is 7. The molecule has 2 nitrogen and oxygen atoms in total. The Morgan fingerprint density at radius 1 is 0.882 bits per heavy atom. The molecular weight excluding hydrogens is 212 g/mol. The van der Waals surface area contributed by atoms with E-state index in [0.717, 1.165) is 19.3 Å². The Balaban J connectivity index is 2.99. The number of aliphatic hydroxyl groups excluding tert-OH is 1. The molecule has 0 saturated carbocycles. The fraction of sp³-hybridized carbons (Fsp3) is 0.733. The maximum absolute atomic E-state index is 8.53. The number of ether oxygens (including phenoxy) is 1. The van der Waals surface area contributed by atoms with Gasteiger partial charge in [0.1, 0.15) is 0 Å². The zero-order valence-electron chi connectivity index (χ0n) is 11.1.